The van der Waals surface area contributed by atoms with E-state index in [0.29, 0.717) is 31.9 Å². The molecule has 2 fully saturated rings. The van der Waals surface area contributed by atoms with Crippen LogP contribution in [-0.2, 0) is 9.59 Å². The first-order chi connectivity index (χ1) is 13.0. The van der Waals surface area contributed by atoms with Crippen LogP contribution in [0.1, 0.15) is 39.0 Å². The van der Waals surface area contributed by atoms with Crippen LogP contribution in [0.3, 0.4) is 0 Å². The number of hydrogen-bond acceptors (Lipinski definition) is 4. The zero-order valence-corrected chi connectivity index (χ0v) is 15.7. The molecule has 2 N–H and O–H groups in total. The summed E-state index contributed by atoms with van der Waals surface area (Å²) in [5, 5.41) is 5.53. The van der Waals surface area contributed by atoms with Gasteiger partial charge in [0.2, 0.25) is 5.91 Å². The number of carbonyl (C=O) groups excluding carboxylic acids is 3. The van der Waals surface area contributed by atoms with Gasteiger partial charge in [0.05, 0.1) is 6.54 Å². The van der Waals surface area contributed by atoms with Crippen LogP contribution in [0, 0.1) is 5.92 Å². The van der Waals surface area contributed by atoms with Crippen molar-refractivity contribution in [1.29, 1.82) is 0 Å². The molecular formula is C20H27N3O4. The second-order valence-electron chi connectivity index (χ2n) is 7.27. The maximum absolute atomic E-state index is 12.8. The lowest BCUT2D eigenvalue weighted by molar-refractivity contribution is -0.136. The lowest BCUT2D eigenvalue weighted by Gasteiger charge is -2.34. The summed E-state index contributed by atoms with van der Waals surface area (Å²) in [7, 11) is 0. The maximum atomic E-state index is 12.8. The van der Waals surface area contributed by atoms with Crippen LogP contribution >= 0.6 is 0 Å². The quantitative estimate of drug-likeness (QED) is 0.566. The van der Waals surface area contributed by atoms with Gasteiger partial charge in [-0.1, -0.05) is 31.5 Å². The Hall–Kier alpha value is -2.57. The van der Waals surface area contributed by atoms with Crippen molar-refractivity contribution in [2.45, 2.75) is 44.6 Å². The Balaban J connectivity index is 1.45. The molecule has 2 aliphatic rings. The normalized spacial score (nSPS) is 24.8. The average Bonchev–Trinajstić information content (AvgIpc) is 2.91. The van der Waals surface area contributed by atoms with E-state index in [0.717, 1.165) is 29.9 Å². The van der Waals surface area contributed by atoms with Crippen molar-refractivity contribution in [2.24, 2.45) is 5.92 Å². The monoisotopic (exact) mass is 373 g/mol. The third-order valence-electron chi connectivity index (χ3n) is 5.52. The molecule has 0 unspecified atom stereocenters. The Morgan fingerprint density at radius 2 is 1.96 bits per heavy atom. The summed E-state index contributed by atoms with van der Waals surface area (Å²) in [6, 6.07) is 8.84. The minimum atomic E-state index is -0.806. The van der Waals surface area contributed by atoms with E-state index in [4.69, 9.17) is 4.74 Å². The van der Waals surface area contributed by atoms with Gasteiger partial charge in [-0.05, 0) is 43.7 Å². The van der Waals surface area contributed by atoms with E-state index < -0.39 is 11.6 Å². The van der Waals surface area contributed by atoms with Crippen molar-refractivity contribution >= 4 is 17.8 Å². The number of urea groups is 1. The number of para-hydroxylation sites is 1. The Morgan fingerprint density at radius 1 is 1.26 bits per heavy atom. The molecule has 1 heterocycles. The average molecular weight is 373 g/mol. The molecule has 1 aromatic rings. The molecule has 1 aliphatic heterocycles. The van der Waals surface area contributed by atoms with Crippen LogP contribution in [0.5, 0.6) is 5.75 Å². The molecule has 1 saturated heterocycles. The summed E-state index contributed by atoms with van der Waals surface area (Å²) in [4.78, 5) is 38.2. The molecule has 0 radical (unpaired) electrons. The highest BCUT2D eigenvalue weighted by molar-refractivity contribution is 6.09. The van der Waals surface area contributed by atoms with Crippen LogP contribution in [-0.4, -0.2) is 48.0 Å². The highest BCUT2D eigenvalue weighted by atomic mass is 16.5. The second-order valence-corrected chi connectivity index (χ2v) is 7.27. The van der Waals surface area contributed by atoms with Gasteiger partial charge in [0, 0.05) is 0 Å². The lowest BCUT2D eigenvalue weighted by atomic mass is 9.75. The Bertz CT molecular complexity index is 684. The van der Waals surface area contributed by atoms with E-state index in [9.17, 15) is 14.4 Å². The van der Waals surface area contributed by atoms with E-state index in [2.05, 4.69) is 17.6 Å². The summed E-state index contributed by atoms with van der Waals surface area (Å²) in [6.45, 7) is 2.52. The minimum absolute atomic E-state index is 0.255. The molecule has 146 valence electrons. The van der Waals surface area contributed by atoms with Crippen LogP contribution in [0.4, 0.5) is 4.79 Å². The maximum Gasteiger partial charge on any atom is 0.325 e. The van der Waals surface area contributed by atoms with Crippen molar-refractivity contribution in [3.05, 3.63) is 30.3 Å². The zero-order chi connectivity index (χ0) is 19.3. The molecule has 7 nitrogen and oxygen atoms in total. The molecule has 7 heteroatoms. The summed E-state index contributed by atoms with van der Waals surface area (Å²) >= 11 is 0. The van der Waals surface area contributed by atoms with Gasteiger partial charge < -0.3 is 15.4 Å². The fraction of sp³-hybridized carbons (Fsp3) is 0.550. The number of hydrogen-bond donors (Lipinski definition) is 2. The minimum Gasteiger partial charge on any atom is -0.492 e. The van der Waals surface area contributed by atoms with Gasteiger partial charge in [-0.2, -0.15) is 0 Å². The molecule has 3 rings (SSSR count). The molecule has 4 amide bonds. The number of nitrogens with zero attached hydrogens (tertiary/aromatic N) is 1. The predicted molar refractivity (Wildman–Crippen MR) is 100 cm³/mol. The Kier molecular flexibility index (Phi) is 5.98. The Labute approximate surface area is 159 Å². The first-order valence-electron chi connectivity index (χ1n) is 9.63. The van der Waals surface area contributed by atoms with E-state index >= 15 is 0 Å². The molecule has 1 aliphatic carbocycles. The fourth-order valence-corrected chi connectivity index (χ4v) is 3.81. The fourth-order valence-electron chi connectivity index (χ4n) is 3.81. The van der Waals surface area contributed by atoms with Gasteiger partial charge in [-0.15, -0.1) is 0 Å². The van der Waals surface area contributed by atoms with Crippen LogP contribution in [0.25, 0.3) is 0 Å². The standard InChI is InChI=1S/C20H27N3O4/c1-2-15-8-10-20(11-9-15)18(25)23(19(26)22-20)14-17(24)21-12-13-27-16-6-4-3-5-7-16/h3-7,15H,2,8-14H2,1H3,(H,21,24)(H,22,26). The number of imide groups is 1. The first kappa shape index (κ1) is 19.2. The molecule has 1 aromatic carbocycles. The van der Waals surface area contributed by atoms with Crippen LogP contribution < -0.4 is 15.4 Å². The largest absolute Gasteiger partial charge is 0.492 e. The summed E-state index contributed by atoms with van der Waals surface area (Å²) < 4.78 is 5.50. The topological polar surface area (TPSA) is 87.7 Å². The molecule has 27 heavy (non-hydrogen) atoms. The Morgan fingerprint density at radius 3 is 2.63 bits per heavy atom. The first-order valence-corrected chi connectivity index (χ1v) is 9.63. The smallest absolute Gasteiger partial charge is 0.325 e. The summed E-state index contributed by atoms with van der Waals surface area (Å²) in [5.74, 6) is 0.708. The number of benzene rings is 1. The van der Waals surface area contributed by atoms with E-state index in [1.165, 1.54) is 0 Å². The molecule has 0 aromatic heterocycles. The van der Waals surface area contributed by atoms with E-state index in [1.54, 1.807) is 0 Å². The van der Waals surface area contributed by atoms with Gasteiger partial charge in [0.25, 0.3) is 5.91 Å². The van der Waals surface area contributed by atoms with Crippen molar-refractivity contribution in [1.82, 2.24) is 15.5 Å². The summed E-state index contributed by atoms with van der Waals surface area (Å²) in [6.07, 6.45) is 4.26. The number of nitrogens with one attached hydrogen (secondary N) is 2. The third-order valence-corrected chi connectivity index (χ3v) is 5.52. The lowest BCUT2D eigenvalue weighted by Crippen LogP contribution is -2.50. The van der Waals surface area contributed by atoms with Gasteiger partial charge in [-0.3, -0.25) is 14.5 Å². The molecule has 0 bridgehead atoms. The highest BCUT2D eigenvalue weighted by Gasteiger charge is 2.52. The van der Waals surface area contributed by atoms with Crippen molar-refractivity contribution in [2.75, 3.05) is 19.7 Å². The molecule has 0 atom stereocenters. The van der Waals surface area contributed by atoms with Gasteiger partial charge in [0.1, 0.15) is 24.4 Å². The van der Waals surface area contributed by atoms with Crippen LogP contribution in [0.2, 0.25) is 0 Å². The van der Waals surface area contributed by atoms with Crippen LogP contribution in [0.15, 0.2) is 30.3 Å². The third kappa shape index (κ3) is 4.40. The van der Waals surface area contributed by atoms with Crippen molar-refractivity contribution < 1.29 is 19.1 Å². The molecular weight excluding hydrogens is 346 g/mol. The number of amides is 4. The van der Waals surface area contributed by atoms with E-state index in [1.807, 2.05) is 30.3 Å². The van der Waals surface area contributed by atoms with Crippen molar-refractivity contribution in [3.8, 4) is 5.75 Å². The van der Waals surface area contributed by atoms with Gasteiger partial charge >= 0.3 is 6.03 Å². The van der Waals surface area contributed by atoms with Gasteiger partial charge in [0.15, 0.2) is 0 Å². The SMILES string of the molecule is CCC1CCC2(CC1)NC(=O)N(CC(=O)NCCOc1ccccc1)C2=O. The van der Waals surface area contributed by atoms with E-state index in [-0.39, 0.29) is 18.4 Å². The second kappa shape index (κ2) is 8.41. The van der Waals surface area contributed by atoms with Gasteiger partial charge in [-0.25, -0.2) is 4.79 Å². The highest BCUT2D eigenvalue weighted by Crippen LogP contribution is 2.37. The van der Waals surface area contributed by atoms with Crippen molar-refractivity contribution in [3.63, 3.8) is 0 Å². The number of rotatable bonds is 7. The molecule has 1 saturated carbocycles. The zero-order valence-electron chi connectivity index (χ0n) is 15.7. The summed E-state index contributed by atoms with van der Waals surface area (Å²) in [5.41, 5.74) is -0.806. The molecule has 1 spiro atoms. The number of carbonyl (C=O) groups is 3. The number of ether oxygens (including phenoxy) is 1. The predicted octanol–water partition coefficient (Wildman–Crippen LogP) is 2.07.